The van der Waals surface area contributed by atoms with Crippen molar-refractivity contribution in [3.8, 4) is 5.69 Å². The van der Waals surface area contributed by atoms with Gasteiger partial charge >= 0.3 is 0 Å². The number of nitrogens with zero attached hydrogens (tertiary/aromatic N) is 5. The summed E-state index contributed by atoms with van der Waals surface area (Å²) >= 11 is 1.39. The lowest BCUT2D eigenvalue weighted by Gasteiger charge is -2.29. The molecule has 1 aliphatic heterocycles. The minimum Gasteiger partial charge on any atom is -0.334 e. The highest BCUT2D eigenvalue weighted by Gasteiger charge is 2.22. The molecular formula is C16H23N6OS+. The number of rotatable bonds is 4. The second-order valence-corrected chi connectivity index (χ2v) is 7.21. The maximum absolute atomic E-state index is 12.4. The summed E-state index contributed by atoms with van der Waals surface area (Å²) in [5.41, 5.74) is 3.34. The molecule has 0 unspecified atom stereocenters. The maximum Gasteiger partial charge on any atom is 0.233 e. The van der Waals surface area contributed by atoms with Crippen molar-refractivity contribution in [1.29, 1.82) is 0 Å². The molecular weight excluding hydrogens is 324 g/mol. The molecule has 1 aromatic carbocycles. The van der Waals surface area contributed by atoms with Crippen LogP contribution in [0.25, 0.3) is 5.69 Å². The zero-order valence-corrected chi connectivity index (χ0v) is 15.1. The standard InChI is InChI=1S/C16H22N6OS/c1-12-4-5-14(10-13(12)2)22-16(17-18-19-22)24-11-15(23)21-8-6-20(3)7-9-21/h4-5,10H,6-9,11H2,1-3H3/p+1. The third-order valence-electron chi connectivity index (χ3n) is 4.47. The van der Waals surface area contributed by atoms with E-state index in [0.717, 1.165) is 31.9 Å². The first kappa shape index (κ1) is 16.9. The van der Waals surface area contributed by atoms with Crippen LogP contribution >= 0.6 is 11.8 Å². The van der Waals surface area contributed by atoms with Gasteiger partial charge in [-0.2, -0.15) is 4.68 Å². The normalized spacial score (nSPS) is 15.7. The summed E-state index contributed by atoms with van der Waals surface area (Å²) < 4.78 is 1.69. The van der Waals surface area contributed by atoms with Crippen LogP contribution in [-0.2, 0) is 4.79 Å². The SMILES string of the molecule is Cc1ccc(-n2nnnc2SCC(=O)N2CC[NH+](C)CC2)cc1C. The van der Waals surface area contributed by atoms with Gasteiger partial charge in [0.2, 0.25) is 11.1 Å². The zero-order valence-electron chi connectivity index (χ0n) is 14.3. The number of nitrogens with one attached hydrogen (secondary N) is 1. The predicted octanol–water partition coefficient (Wildman–Crippen LogP) is -0.272. The first-order valence-corrected chi connectivity index (χ1v) is 9.11. The van der Waals surface area contributed by atoms with Crippen LogP contribution in [0.2, 0.25) is 0 Å². The number of tetrazole rings is 1. The molecule has 2 heterocycles. The number of amides is 1. The number of hydrogen-bond donors (Lipinski definition) is 1. The summed E-state index contributed by atoms with van der Waals surface area (Å²) in [6, 6.07) is 6.10. The van der Waals surface area contributed by atoms with Crippen LogP contribution < -0.4 is 4.90 Å². The van der Waals surface area contributed by atoms with Crippen molar-refractivity contribution in [2.24, 2.45) is 0 Å². The quantitative estimate of drug-likeness (QED) is 0.771. The summed E-state index contributed by atoms with van der Waals surface area (Å²) in [6.07, 6.45) is 0. The molecule has 1 saturated heterocycles. The largest absolute Gasteiger partial charge is 0.334 e. The topological polar surface area (TPSA) is 68.4 Å². The van der Waals surface area contributed by atoms with E-state index in [-0.39, 0.29) is 5.91 Å². The Morgan fingerprint density at radius 3 is 2.71 bits per heavy atom. The van der Waals surface area contributed by atoms with Crippen molar-refractivity contribution in [3.05, 3.63) is 29.3 Å². The molecule has 7 nitrogen and oxygen atoms in total. The molecule has 1 aliphatic rings. The average molecular weight is 347 g/mol. The van der Waals surface area contributed by atoms with Gasteiger partial charge in [0.05, 0.1) is 44.7 Å². The third kappa shape index (κ3) is 3.76. The van der Waals surface area contributed by atoms with E-state index in [1.54, 1.807) is 4.68 Å². The van der Waals surface area contributed by atoms with Crippen molar-refractivity contribution in [2.75, 3.05) is 39.0 Å². The van der Waals surface area contributed by atoms with Gasteiger partial charge in [-0.3, -0.25) is 4.79 Å². The van der Waals surface area contributed by atoms with Crippen LogP contribution in [0, 0.1) is 13.8 Å². The molecule has 8 heteroatoms. The number of piperazine rings is 1. The number of aryl methyl sites for hydroxylation is 2. The van der Waals surface area contributed by atoms with Crippen molar-refractivity contribution in [1.82, 2.24) is 25.1 Å². The van der Waals surface area contributed by atoms with E-state index < -0.39 is 0 Å². The van der Waals surface area contributed by atoms with Gasteiger partial charge in [0, 0.05) is 0 Å². The number of carbonyl (C=O) groups excluding carboxylic acids is 1. The number of benzene rings is 1. The van der Waals surface area contributed by atoms with Crippen LogP contribution in [0.1, 0.15) is 11.1 Å². The first-order valence-electron chi connectivity index (χ1n) is 8.12. The minimum absolute atomic E-state index is 0.155. The predicted molar refractivity (Wildman–Crippen MR) is 92.6 cm³/mol. The zero-order chi connectivity index (χ0) is 17.1. The Labute approximate surface area is 146 Å². The number of quaternary nitrogens is 1. The van der Waals surface area contributed by atoms with Crippen LogP contribution in [0.4, 0.5) is 0 Å². The first-order chi connectivity index (χ1) is 11.5. The van der Waals surface area contributed by atoms with Crippen LogP contribution in [0.15, 0.2) is 23.4 Å². The maximum atomic E-state index is 12.4. The molecule has 0 saturated carbocycles. The molecule has 0 radical (unpaired) electrons. The number of hydrogen-bond acceptors (Lipinski definition) is 5. The Morgan fingerprint density at radius 1 is 1.25 bits per heavy atom. The molecule has 3 rings (SSSR count). The van der Waals surface area contributed by atoms with Gasteiger partial charge in [0.1, 0.15) is 0 Å². The monoisotopic (exact) mass is 347 g/mol. The molecule has 1 amide bonds. The van der Waals surface area contributed by atoms with Crippen molar-refractivity contribution in [3.63, 3.8) is 0 Å². The lowest BCUT2D eigenvalue weighted by atomic mass is 10.1. The Bertz CT molecular complexity index is 723. The van der Waals surface area contributed by atoms with E-state index >= 15 is 0 Å². The highest BCUT2D eigenvalue weighted by atomic mass is 32.2. The minimum atomic E-state index is 0.155. The van der Waals surface area contributed by atoms with E-state index in [1.165, 1.54) is 27.8 Å². The summed E-state index contributed by atoms with van der Waals surface area (Å²) in [5, 5.41) is 12.5. The molecule has 1 fully saturated rings. The van der Waals surface area contributed by atoms with Crippen LogP contribution in [-0.4, -0.2) is 70.0 Å². The lowest BCUT2D eigenvalue weighted by molar-refractivity contribution is -0.883. The third-order valence-corrected chi connectivity index (χ3v) is 5.37. The summed E-state index contributed by atoms with van der Waals surface area (Å²) in [6.45, 7) is 7.81. The van der Waals surface area contributed by atoms with Gasteiger partial charge in [-0.15, -0.1) is 5.10 Å². The van der Waals surface area contributed by atoms with Crippen molar-refractivity contribution >= 4 is 17.7 Å². The van der Waals surface area contributed by atoms with Gasteiger partial charge in [-0.1, -0.05) is 17.8 Å². The molecule has 1 aromatic heterocycles. The Kier molecular flexibility index (Phi) is 5.15. The molecule has 0 atom stereocenters. The van der Waals surface area contributed by atoms with Crippen molar-refractivity contribution in [2.45, 2.75) is 19.0 Å². The van der Waals surface area contributed by atoms with Crippen LogP contribution in [0.5, 0.6) is 0 Å². The Morgan fingerprint density at radius 2 is 2.00 bits per heavy atom. The fraction of sp³-hybridized carbons (Fsp3) is 0.500. The molecule has 0 spiro atoms. The number of aromatic nitrogens is 4. The van der Waals surface area contributed by atoms with E-state index in [1.807, 2.05) is 11.0 Å². The van der Waals surface area contributed by atoms with Crippen LogP contribution in [0.3, 0.4) is 0 Å². The van der Waals surface area contributed by atoms with E-state index in [0.29, 0.717) is 10.9 Å². The average Bonchev–Trinajstić information content (AvgIpc) is 3.04. The molecule has 128 valence electrons. The van der Waals surface area contributed by atoms with Gasteiger partial charge in [0.25, 0.3) is 0 Å². The fourth-order valence-corrected chi connectivity index (χ4v) is 3.44. The second-order valence-electron chi connectivity index (χ2n) is 6.27. The smallest absolute Gasteiger partial charge is 0.233 e. The van der Waals surface area contributed by atoms with Gasteiger partial charge in [-0.05, 0) is 47.5 Å². The molecule has 0 bridgehead atoms. The lowest BCUT2D eigenvalue weighted by Crippen LogP contribution is -3.12. The fourth-order valence-electron chi connectivity index (χ4n) is 2.64. The highest BCUT2D eigenvalue weighted by molar-refractivity contribution is 7.99. The Balaban J connectivity index is 1.65. The summed E-state index contributed by atoms with van der Waals surface area (Å²) in [5.74, 6) is 0.520. The molecule has 24 heavy (non-hydrogen) atoms. The van der Waals surface area contributed by atoms with Gasteiger partial charge in [-0.25, -0.2) is 0 Å². The van der Waals surface area contributed by atoms with Crippen molar-refractivity contribution < 1.29 is 9.69 Å². The van der Waals surface area contributed by atoms with E-state index in [4.69, 9.17) is 0 Å². The van der Waals surface area contributed by atoms with E-state index in [9.17, 15) is 4.79 Å². The Hall–Kier alpha value is -1.93. The number of likely N-dealkylation sites (N-methyl/N-ethyl adjacent to an activating group) is 1. The van der Waals surface area contributed by atoms with E-state index in [2.05, 4.69) is 48.6 Å². The van der Waals surface area contributed by atoms with Gasteiger partial charge < -0.3 is 9.80 Å². The summed E-state index contributed by atoms with van der Waals surface area (Å²) in [4.78, 5) is 15.8. The highest BCUT2D eigenvalue weighted by Crippen LogP contribution is 2.20. The number of carbonyl (C=O) groups is 1. The number of thioether (sulfide) groups is 1. The van der Waals surface area contributed by atoms with Gasteiger partial charge in [0.15, 0.2) is 0 Å². The molecule has 1 N–H and O–H groups in total. The summed E-state index contributed by atoms with van der Waals surface area (Å²) in [7, 11) is 2.16. The molecule has 2 aromatic rings. The second kappa shape index (κ2) is 7.31. The molecule has 0 aliphatic carbocycles.